The van der Waals surface area contributed by atoms with E-state index in [1.165, 1.54) is 12.1 Å². The molecule has 0 aliphatic carbocycles. The molecule has 0 aliphatic rings. The van der Waals surface area contributed by atoms with Crippen molar-refractivity contribution in [3.05, 3.63) is 28.2 Å². The van der Waals surface area contributed by atoms with E-state index in [9.17, 15) is 13.2 Å². The van der Waals surface area contributed by atoms with Crippen LogP contribution in [0.2, 0.25) is 0 Å². The molecule has 112 valence electrons. The zero-order valence-corrected chi connectivity index (χ0v) is 13.3. The Bertz CT molecular complexity index is 573. The fourth-order valence-corrected chi connectivity index (χ4v) is 3.01. The predicted molar refractivity (Wildman–Crippen MR) is 77.4 cm³/mol. The quantitative estimate of drug-likeness (QED) is 0.685. The summed E-state index contributed by atoms with van der Waals surface area (Å²) in [6.07, 6.45) is 1.40. The van der Waals surface area contributed by atoms with Gasteiger partial charge in [-0.2, -0.15) is 0 Å². The predicted octanol–water partition coefficient (Wildman–Crippen LogP) is 1.85. The Hall–Kier alpha value is -0.960. The van der Waals surface area contributed by atoms with Crippen molar-refractivity contribution in [2.24, 2.45) is 0 Å². The van der Waals surface area contributed by atoms with Crippen molar-refractivity contribution in [1.29, 1.82) is 0 Å². The van der Waals surface area contributed by atoms with Gasteiger partial charge < -0.3 is 9.84 Å². The summed E-state index contributed by atoms with van der Waals surface area (Å²) in [7, 11) is -2.11. The minimum atomic E-state index is -3.70. The molecule has 1 aromatic carbocycles. The number of methoxy groups -OCH3 is 1. The fraction of sp³-hybridized carbons (Fsp3) is 0.417. The number of carboxylic acids is 1. The summed E-state index contributed by atoms with van der Waals surface area (Å²) in [4.78, 5) is 10.9. The Morgan fingerprint density at radius 3 is 2.70 bits per heavy atom. The molecule has 20 heavy (non-hydrogen) atoms. The van der Waals surface area contributed by atoms with Gasteiger partial charge in [0.15, 0.2) is 0 Å². The third kappa shape index (κ3) is 4.86. The summed E-state index contributed by atoms with van der Waals surface area (Å²) in [5, 5.41) is 8.97. The van der Waals surface area contributed by atoms with Gasteiger partial charge in [-0.05, 0) is 47.0 Å². The van der Waals surface area contributed by atoms with E-state index >= 15 is 0 Å². The molecule has 0 radical (unpaired) electrons. The van der Waals surface area contributed by atoms with Gasteiger partial charge in [0.05, 0.1) is 10.5 Å². The van der Waals surface area contributed by atoms with Crippen molar-refractivity contribution in [2.45, 2.75) is 17.7 Å². The van der Waals surface area contributed by atoms with Crippen LogP contribution in [0.3, 0.4) is 0 Å². The molecule has 6 nitrogen and oxygen atoms in total. The molecule has 0 amide bonds. The van der Waals surface area contributed by atoms with Crippen molar-refractivity contribution >= 4 is 31.9 Å². The van der Waals surface area contributed by atoms with Gasteiger partial charge in [-0.15, -0.1) is 0 Å². The number of hydrogen-bond donors (Lipinski definition) is 2. The van der Waals surface area contributed by atoms with Crippen LogP contribution >= 0.6 is 15.9 Å². The number of unbranched alkanes of at least 4 members (excludes halogenated alkanes) is 1. The van der Waals surface area contributed by atoms with Crippen LogP contribution in [0.4, 0.5) is 0 Å². The molecule has 0 saturated carbocycles. The molecule has 1 rings (SSSR count). The van der Waals surface area contributed by atoms with Gasteiger partial charge >= 0.3 is 5.97 Å². The molecule has 0 saturated heterocycles. The number of benzene rings is 1. The molecule has 0 fully saturated rings. The molecule has 8 heteroatoms. The van der Waals surface area contributed by atoms with Gasteiger partial charge in [0, 0.05) is 24.7 Å². The Balaban J connectivity index is 2.77. The van der Waals surface area contributed by atoms with Crippen LogP contribution in [0, 0.1) is 0 Å². The van der Waals surface area contributed by atoms with Gasteiger partial charge in [-0.3, -0.25) is 0 Å². The van der Waals surface area contributed by atoms with Crippen molar-refractivity contribution in [3.63, 3.8) is 0 Å². The van der Waals surface area contributed by atoms with Gasteiger partial charge in [0.25, 0.3) is 0 Å². The maximum Gasteiger partial charge on any atom is 0.336 e. The molecule has 0 aromatic heterocycles. The van der Waals surface area contributed by atoms with E-state index in [0.29, 0.717) is 17.5 Å². The van der Waals surface area contributed by atoms with E-state index in [1.54, 1.807) is 7.11 Å². The van der Waals surface area contributed by atoms with Crippen molar-refractivity contribution in [3.8, 4) is 0 Å². The lowest BCUT2D eigenvalue weighted by Gasteiger charge is -2.08. The zero-order valence-electron chi connectivity index (χ0n) is 10.9. The van der Waals surface area contributed by atoms with Crippen LogP contribution in [0.15, 0.2) is 27.6 Å². The average molecular weight is 366 g/mol. The van der Waals surface area contributed by atoms with Gasteiger partial charge in [-0.25, -0.2) is 17.9 Å². The lowest BCUT2D eigenvalue weighted by atomic mass is 10.2. The number of carboxylic acid groups (broad SMARTS) is 1. The Morgan fingerprint density at radius 1 is 1.40 bits per heavy atom. The van der Waals surface area contributed by atoms with Crippen LogP contribution < -0.4 is 4.72 Å². The molecule has 0 spiro atoms. The molecule has 2 N–H and O–H groups in total. The third-order valence-electron chi connectivity index (χ3n) is 2.55. The second kappa shape index (κ2) is 7.72. The number of ether oxygens (including phenoxy) is 1. The third-order valence-corrected chi connectivity index (χ3v) is 4.70. The summed E-state index contributed by atoms with van der Waals surface area (Å²) in [6, 6.07) is 3.89. The molecular formula is C12H16BrNO5S. The molecular weight excluding hydrogens is 350 g/mol. The minimum absolute atomic E-state index is 0.0650. The highest BCUT2D eigenvalue weighted by molar-refractivity contribution is 9.10. The van der Waals surface area contributed by atoms with Crippen LogP contribution in [-0.4, -0.2) is 39.8 Å². The Labute approximate surface area is 126 Å². The highest BCUT2D eigenvalue weighted by Crippen LogP contribution is 2.21. The van der Waals surface area contributed by atoms with Crippen LogP contribution in [0.25, 0.3) is 0 Å². The largest absolute Gasteiger partial charge is 0.478 e. The summed E-state index contributed by atoms with van der Waals surface area (Å²) in [6.45, 7) is 0.854. The van der Waals surface area contributed by atoms with Crippen molar-refractivity contribution in [2.75, 3.05) is 20.3 Å². The highest BCUT2D eigenvalue weighted by atomic mass is 79.9. The number of carbonyl (C=O) groups is 1. The van der Waals surface area contributed by atoms with E-state index in [-0.39, 0.29) is 17.0 Å². The fourth-order valence-electron chi connectivity index (χ4n) is 1.50. The van der Waals surface area contributed by atoms with Gasteiger partial charge in [0.2, 0.25) is 10.0 Å². The number of nitrogens with one attached hydrogen (secondary N) is 1. The smallest absolute Gasteiger partial charge is 0.336 e. The highest BCUT2D eigenvalue weighted by Gasteiger charge is 2.17. The summed E-state index contributed by atoms with van der Waals surface area (Å²) in [5.74, 6) is -1.19. The summed E-state index contributed by atoms with van der Waals surface area (Å²) < 4.78 is 31.6. The van der Waals surface area contributed by atoms with Gasteiger partial charge in [-0.1, -0.05) is 0 Å². The lowest BCUT2D eigenvalue weighted by molar-refractivity contribution is 0.0695. The Kier molecular flexibility index (Phi) is 6.60. The maximum absolute atomic E-state index is 12.0. The van der Waals surface area contributed by atoms with Crippen LogP contribution in [0.5, 0.6) is 0 Å². The number of rotatable bonds is 8. The first kappa shape index (κ1) is 17.1. The first-order valence-corrected chi connectivity index (χ1v) is 8.17. The van der Waals surface area contributed by atoms with Crippen molar-refractivity contribution < 1.29 is 23.1 Å². The second-order valence-corrected chi connectivity index (χ2v) is 6.67. The Morgan fingerprint density at radius 2 is 2.10 bits per heavy atom. The van der Waals surface area contributed by atoms with E-state index in [2.05, 4.69) is 20.7 Å². The minimum Gasteiger partial charge on any atom is -0.478 e. The standard InChI is InChI=1S/C12H16BrNO5S/c1-19-7-3-2-6-14-20(17,18)9-4-5-11(13)10(8-9)12(15)16/h4-5,8,14H,2-3,6-7H2,1H3,(H,15,16). The van der Waals surface area contributed by atoms with E-state index < -0.39 is 16.0 Å². The van der Waals surface area contributed by atoms with E-state index in [0.717, 1.165) is 12.5 Å². The molecule has 0 aliphatic heterocycles. The molecule has 0 heterocycles. The van der Waals surface area contributed by atoms with E-state index in [4.69, 9.17) is 9.84 Å². The summed E-state index contributed by atoms with van der Waals surface area (Å²) in [5.41, 5.74) is -0.0905. The molecule has 1 aromatic rings. The lowest BCUT2D eigenvalue weighted by Crippen LogP contribution is -2.25. The SMILES string of the molecule is COCCCCNS(=O)(=O)c1ccc(Br)c(C(=O)O)c1. The molecule has 0 unspecified atom stereocenters. The average Bonchev–Trinajstić information content (AvgIpc) is 2.38. The number of aromatic carboxylic acids is 1. The number of hydrogen-bond acceptors (Lipinski definition) is 4. The topological polar surface area (TPSA) is 92.7 Å². The number of halogens is 1. The number of sulfonamides is 1. The van der Waals surface area contributed by atoms with E-state index in [1.807, 2.05) is 0 Å². The van der Waals surface area contributed by atoms with Gasteiger partial charge in [0.1, 0.15) is 0 Å². The zero-order chi connectivity index (χ0) is 15.2. The maximum atomic E-state index is 12.0. The van der Waals surface area contributed by atoms with Crippen LogP contribution in [0.1, 0.15) is 23.2 Å². The summed E-state index contributed by atoms with van der Waals surface area (Å²) >= 11 is 3.07. The molecule has 0 bridgehead atoms. The monoisotopic (exact) mass is 365 g/mol. The second-order valence-electron chi connectivity index (χ2n) is 4.04. The first-order valence-electron chi connectivity index (χ1n) is 5.90. The first-order chi connectivity index (χ1) is 9.38. The normalized spacial score (nSPS) is 11.5. The molecule has 0 atom stereocenters. The van der Waals surface area contributed by atoms with Crippen LogP contribution in [-0.2, 0) is 14.8 Å². The van der Waals surface area contributed by atoms with Crippen molar-refractivity contribution in [1.82, 2.24) is 4.72 Å².